The maximum Gasteiger partial charge on any atom is 0.293 e. The van der Waals surface area contributed by atoms with Crippen molar-refractivity contribution in [1.29, 1.82) is 0 Å². The van der Waals surface area contributed by atoms with Gasteiger partial charge in [0.15, 0.2) is 5.78 Å². The van der Waals surface area contributed by atoms with Crippen LogP contribution < -0.4 is 10.1 Å². The molecule has 0 bridgehead atoms. The van der Waals surface area contributed by atoms with Gasteiger partial charge in [-0.15, -0.1) is 0 Å². The van der Waals surface area contributed by atoms with Gasteiger partial charge in [0.2, 0.25) is 0 Å². The third-order valence-electron chi connectivity index (χ3n) is 2.99. The van der Waals surface area contributed by atoms with Crippen LogP contribution in [0.4, 0.5) is 21.5 Å². The van der Waals surface area contributed by atoms with Gasteiger partial charge in [0.05, 0.1) is 12.0 Å². The number of nitro benzene ring substituents is 1. The number of Topliss-reactive ketones (excluding diaryl/α,β-unsaturated/α-hetero) is 1. The lowest BCUT2D eigenvalue weighted by Gasteiger charge is -2.10. The van der Waals surface area contributed by atoms with Crippen molar-refractivity contribution in [3.63, 3.8) is 0 Å². The zero-order valence-electron chi connectivity index (χ0n) is 11.9. The SMILES string of the molecule is COc1cc(F)cc(Nc2ccc(C(C)=O)cc2[N+](=O)[O-])c1. The zero-order chi connectivity index (χ0) is 16.3. The summed E-state index contributed by atoms with van der Waals surface area (Å²) >= 11 is 0. The minimum absolute atomic E-state index is 0.155. The smallest absolute Gasteiger partial charge is 0.293 e. The van der Waals surface area contributed by atoms with Crippen LogP contribution in [0.15, 0.2) is 36.4 Å². The number of carbonyl (C=O) groups is 1. The monoisotopic (exact) mass is 304 g/mol. The third kappa shape index (κ3) is 3.38. The Morgan fingerprint density at radius 3 is 2.59 bits per heavy atom. The van der Waals surface area contributed by atoms with Crippen molar-refractivity contribution in [2.24, 2.45) is 0 Å². The topological polar surface area (TPSA) is 81.5 Å². The molecule has 0 aliphatic rings. The average Bonchev–Trinajstić information content (AvgIpc) is 2.46. The summed E-state index contributed by atoms with van der Waals surface area (Å²) in [6.45, 7) is 1.32. The number of anilines is 2. The number of hydrogen-bond acceptors (Lipinski definition) is 5. The number of hydrogen-bond donors (Lipinski definition) is 1. The molecule has 2 rings (SSSR count). The lowest BCUT2D eigenvalue weighted by molar-refractivity contribution is -0.383. The first-order chi connectivity index (χ1) is 10.4. The van der Waals surface area contributed by atoms with Crippen molar-refractivity contribution in [1.82, 2.24) is 0 Å². The van der Waals surface area contributed by atoms with E-state index in [1.165, 1.54) is 50.4 Å². The fourth-order valence-electron chi connectivity index (χ4n) is 1.92. The van der Waals surface area contributed by atoms with Crippen molar-refractivity contribution in [2.45, 2.75) is 6.92 Å². The molecular weight excluding hydrogens is 291 g/mol. The summed E-state index contributed by atoms with van der Waals surface area (Å²) in [4.78, 5) is 21.8. The van der Waals surface area contributed by atoms with Crippen molar-refractivity contribution in [3.8, 4) is 5.75 Å². The molecule has 0 saturated carbocycles. The molecule has 0 aliphatic heterocycles. The molecule has 2 aromatic carbocycles. The maximum atomic E-state index is 13.4. The highest BCUT2D eigenvalue weighted by Gasteiger charge is 2.16. The molecule has 114 valence electrons. The first kappa shape index (κ1) is 15.4. The van der Waals surface area contributed by atoms with Gasteiger partial charge in [-0.3, -0.25) is 14.9 Å². The number of benzene rings is 2. The van der Waals surface area contributed by atoms with E-state index in [4.69, 9.17) is 4.74 Å². The van der Waals surface area contributed by atoms with Gasteiger partial charge in [-0.25, -0.2) is 4.39 Å². The molecule has 0 aliphatic carbocycles. The number of nitrogens with one attached hydrogen (secondary N) is 1. The first-order valence-corrected chi connectivity index (χ1v) is 6.31. The Kier molecular flexibility index (Phi) is 4.36. The van der Waals surface area contributed by atoms with Gasteiger partial charge in [-0.05, 0) is 25.1 Å². The molecule has 0 amide bonds. The Labute approximate surface area is 125 Å². The summed E-state index contributed by atoms with van der Waals surface area (Å²) in [6, 6.07) is 7.94. The van der Waals surface area contributed by atoms with Gasteiger partial charge in [0, 0.05) is 29.4 Å². The highest BCUT2D eigenvalue weighted by Crippen LogP contribution is 2.30. The lowest BCUT2D eigenvalue weighted by atomic mass is 10.1. The molecule has 0 spiro atoms. The number of carbonyl (C=O) groups excluding carboxylic acids is 1. The van der Waals surface area contributed by atoms with Gasteiger partial charge in [-0.2, -0.15) is 0 Å². The fraction of sp³-hybridized carbons (Fsp3) is 0.133. The standard InChI is InChI=1S/C15H13FN2O4/c1-9(19)10-3-4-14(15(5-10)18(20)21)17-12-6-11(16)7-13(8-12)22-2/h3-8,17H,1-2H3. The highest BCUT2D eigenvalue weighted by atomic mass is 19.1. The van der Waals surface area contributed by atoms with E-state index in [9.17, 15) is 19.3 Å². The number of ether oxygens (including phenoxy) is 1. The molecule has 22 heavy (non-hydrogen) atoms. The number of methoxy groups -OCH3 is 1. The third-order valence-corrected chi connectivity index (χ3v) is 2.99. The number of nitrogens with zero attached hydrogens (tertiary/aromatic N) is 1. The molecule has 7 heteroatoms. The second-order valence-electron chi connectivity index (χ2n) is 4.55. The average molecular weight is 304 g/mol. The van der Waals surface area contributed by atoms with Gasteiger partial charge >= 0.3 is 0 Å². The molecule has 0 atom stereocenters. The zero-order valence-corrected chi connectivity index (χ0v) is 11.9. The first-order valence-electron chi connectivity index (χ1n) is 6.31. The van der Waals surface area contributed by atoms with Gasteiger partial charge in [0.25, 0.3) is 5.69 Å². The van der Waals surface area contributed by atoms with Gasteiger partial charge in [0.1, 0.15) is 17.3 Å². The van der Waals surface area contributed by atoms with Crippen LogP contribution in [0.1, 0.15) is 17.3 Å². The molecule has 0 fully saturated rings. The summed E-state index contributed by atoms with van der Waals surface area (Å²) < 4.78 is 18.4. The van der Waals surface area contributed by atoms with Crippen molar-refractivity contribution >= 4 is 22.8 Å². The van der Waals surface area contributed by atoms with E-state index in [2.05, 4.69) is 5.32 Å². The van der Waals surface area contributed by atoms with Crippen LogP contribution >= 0.6 is 0 Å². The second-order valence-corrected chi connectivity index (χ2v) is 4.55. The maximum absolute atomic E-state index is 13.4. The predicted molar refractivity (Wildman–Crippen MR) is 79.3 cm³/mol. The summed E-state index contributed by atoms with van der Waals surface area (Å²) in [5.74, 6) is -0.530. The number of ketones is 1. The molecule has 1 N–H and O–H groups in total. The highest BCUT2D eigenvalue weighted by molar-refractivity contribution is 5.95. The summed E-state index contributed by atoms with van der Waals surface area (Å²) in [5.41, 5.74) is 0.420. The second kappa shape index (κ2) is 6.21. The Bertz CT molecular complexity index is 746. The molecule has 0 unspecified atom stereocenters. The molecule has 6 nitrogen and oxygen atoms in total. The molecule has 0 saturated heterocycles. The van der Waals surface area contributed by atoms with E-state index in [1.54, 1.807) is 0 Å². The van der Waals surface area contributed by atoms with Crippen LogP contribution in [-0.4, -0.2) is 17.8 Å². The van der Waals surface area contributed by atoms with Crippen molar-refractivity contribution in [3.05, 3.63) is 57.9 Å². The molecular formula is C15H13FN2O4. The predicted octanol–water partition coefficient (Wildman–Crippen LogP) is 3.69. The quantitative estimate of drug-likeness (QED) is 0.517. The summed E-state index contributed by atoms with van der Waals surface area (Å²) in [6.07, 6.45) is 0. The van der Waals surface area contributed by atoms with E-state index in [0.29, 0.717) is 5.69 Å². The van der Waals surface area contributed by atoms with Crippen LogP contribution in [0.3, 0.4) is 0 Å². The van der Waals surface area contributed by atoms with Crippen LogP contribution in [0.2, 0.25) is 0 Å². The Morgan fingerprint density at radius 2 is 2.00 bits per heavy atom. The summed E-state index contributed by atoms with van der Waals surface area (Å²) in [5, 5.41) is 13.9. The molecule has 0 aromatic heterocycles. The van der Waals surface area contributed by atoms with Crippen LogP contribution in [0.25, 0.3) is 0 Å². The van der Waals surface area contributed by atoms with E-state index < -0.39 is 10.7 Å². The fourth-order valence-corrected chi connectivity index (χ4v) is 1.92. The van der Waals surface area contributed by atoms with Gasteiger partial charge < -0.3 is 10.1 Å². The minimum Gasteiger partial charge on any atom is -0.497 e. The molecule has 2 aromatic rings. The lowest BCUT2D eigenvalue weighted by Crippen LogP contribution is -2.01. The molecule has 0 radical (unpaired) electrons. The van der Waals surface area contributed by atoms with E-state index in [1.807, 2.05) is 0 Å². The van der Waals surface area contributed by atoms with E-state index >= 15 is 0 Å². The Balaban J connectivity index is 2.43. The summed E-state index contributed by atoms with van der Waals surface area (Å²) in [7, 11) is 1.39. The van der Waals surface area contributed by atoms with E-state index in [-0.39, 0.29) is 28.5 Å². The Hall–Kier alpha value is -2.96. The van der Waals surface area contributed by atoms with Crippen LogP contribution in [-0.2, 0) is 0 Å². The largest absolute Gasteiger partial charge is 0.497 e. The normalized spacial score (nSPS) is 10.1. The van der Waals surface area contributed by atoms with Gasteiger partial charge in [-0.1, -0.05) is 0 Å². The minimum atomic E-state index is -0.606. The number of nitro groups is 1. The Morgan fingerprint density at radius 1 is 1.27 bits per heavy atom. The van der Waals surface area contributed by atoms with Crippen molar-refractivity contribution < 1.29 is 18.8 Å². The molecule has 0 heterocycles. The van der Waals surface area contributed by atoms with Crippen molar-refractivity contribution in [2.75, 3.05) is 12.4 Å². The van der Waals surface area contributed by atoms with E-state index in [0.717, 1.165) is 0 Å². The van der Waals surface area contributed by atoms with Crippen LogP contribution in [0.5, 0.6) is 5.75 Å². The van der Waals surface area contributed by atoms with Crippen LogP contribution in [0, 0.1) is 15.9 Å². The number of halogens is 1. The number of rotatable bonds is 5.